The minimum Gasteiger partial charge on any atom is -0.384 e. The lowest BCUT2D eigenvalue weighted by Crippen LogP contribution is -2.55. The van der Waals surface area contributed by atoms with E-state index in [9.17, 15) is 9.59 Å². The van der Waals surface area contributed by atoms with E-state index in [4.69, 9.17) is 11.1 Å². The van der Waals surface area contributed by atoms with E-state index in [2.05, 4.69) is 22.8 Å². The van der Waals surface area contributed by atoms with Crippen LogP contribution in [0.1, 0.15) is 95.1 Å². The largest absolute Gasteiger partial charge is 0.384 e. The highest BCUT2D eigenvalue weighted by Gasteiger charge is 2.38. The third kappa shape index (κ3) is 8.54. The Hall–Kier alpha value is -2.41. The second-order valence-electron chi connectivity index (χ2n) is 12.4. The van der Waals surface area contributed by atoms with Gasteiger partial charge in [0.25, 0.3) is 0 Å². The van der Waals surface area contributed by atoms with Gasteiger partial charge in [0.2, 0.25) is 11.8 Å². The Morgan fingerprint density at radius 2 is 1.54 bits per heavy atom. The summed E-state index contributed by atoms with van der Waals surface area (Å²) in [6, 6.07) is 7.63. The molecule has 0 radical (unpaired) electrons. The summed E-state index contributed by atoms with van der Waals surface area (Å²) < 4.78 is 0. The fraction of sp³-hybridized carbons (Fsp3) is 0.719. The second kappa shape index (κ2) is 14.8. The van der Waals surface area contributed by atoms with E-state index in [0.717, 1.165) is 63.6 Å². The summed E-state index contributed by atoms with van der Waals surface area (Å²) in [6.45, 7) is 5.04. The second-order valence-corrected chi connectivity index (χ2v) is 12.4. The zero-order valence-electron chi connectivity index (χ0n) is 24.1. The zero-order chi connectivity index (χ0) is 27.6. The third-order valence-corrected chi connectivity index (χ3v) is 9.64. The number of nitrogen functional groups attached to an aromatic ring is 1. The van der Waals surface area contributed by atoms with Crippen LogP contribution in [-0.4, -0.2) is 54.8 Å². The Labute approximate surface area is 235 Å². The van der Waals surface area contributed by atoms with Crippen molar-refractivity contribution in [2.75, 3.05) is 26.2 Å². The molecule has 2 saturated carbocycles. The van der Waals surface area contributed by atoms with Gasteiger partial charge in [-0.2, -0.15) is 0 Å². The molecule has 7 nitrogen and oxygen atoms in total. The van der Waals surface area contributed by atoms with E-state index in [0.29, 0.717) is 30.8 Å². The molecule has 4 rings (SSSR count). The van der Waals surface area contributed by atoms with E-state index in [-0.39, 0.29) is 29.6 Å². The average Bonchev–Trinajstić information content (AvgIpc) is 2.97. The van der Waals surface area contributed by atoms with Crippen LogP contribution in [0.3, 0.4) is 0 Å². The van der Waals surface area contributed by atoms with E-state index >= 15 is 0 Å². The summed E-state index contributed by atoms with van der Waals surface area (Å²) in [5.74, 6) is 1.77. The minimum absolute atomic E-state index is 0.0235. The highest BCUT2D eigenvalue weighted by molar-refractivity contribution is 5.94. The fourth-order valence-corrected chi connectivity index (χ4v) is 7.29. The number of benzene rings is 1. The topological polar surface area (TPSA) is 111 Å². The van der Waals surface area contributed by atoms with Crippen LogP contribution >= 0.6 is 0 Å². The van der Waals surface area contributed by atoms with Crippen LogP contribution in [0.25, 0.3) is 0 Å². The van der Waals surface area contributed by atoms with Crippen molar-refractivity contribution in [1.82, 2.24) is 15.5 Å². The highest BCUT2D eigenvalue weighted by atomic mass is 16.2. The van der Waals surface area contributed by atoms with Crippen molar-refractivity contribution in [3.8, 4) is 0 Å². The van der Waals surface area contributed by atoms with Gasteiger partial charge in [0.15, 0.2) is 0 Å². The van der Waals surface area contributed by atoms with Gasteiger partial charge in [-0.25, -0.2) is 0 Å². The quantitative estimate of drug-likeness (QED) is 0.244. The molecule has 3 aliphatic rings. The molecule has 39 heavy (non-hydrogen) atoms. The van der Waals surface area contributed by atoms with Gasteiger partial charge >= 0.3 is 0 Å². The number of piperidine rings is 1. The number of nitrogens with zero attached hydrogens (tertiary/aromatic N) is 1. The normalized spacial score (nSPS) is 21.2. The van der Waals surface area contributed by atoms with Crippen molar-refractivity contribution in [3.63, 3.8) is 0 Å². The van der Waals surface area contributed by atoms with Gasteiger partial charge < -0.3 is 21.3 Å². The predicted octanol–water partition coefficient (Wildman–Crippen LogP) is 4.62. The molecular weight excluding hydrogens is 486 g/mol. The maximum absolute atomic E-state index is 13.9. The van der Waals surface area contributed by atoms with Gasteiger partial charge in [0.1, 0.15) is 11.9 Å². The van der Waals surface area contributed by atoms with E-state index in [1.54, 1.807) is 6.92 Å². The van der Waals surface area contributed by atoms with Crippen LogP contribution in [-0.2, 0) is 16.0 Å². The van der Waals surface area contributed by atoms with Gasteiger partial charge in [-0.15, -0.1) is 0 Å². The molecule has 1 aromatic carbocycles. The highest BCUT2D eigenvalue weighted by Crippen LogP contribution is 2.35. The van der Waals surface area contributed by atoms with Crippen LogP contribution < -0.4 is 16.4 Å². The molecule has 216 valence electrons. The smallest absolute Gasteiger partial charge is 0.243 e. The fourth-order valence-electron chi connectivity index (χ4n) is 7.29. The molecule has 0 bridgehead atoms. The first-order chi connectivity index (χ1) is 18.9. The molecule has 2 aliphatic carbocycles. The van der Waals surface area contributed by atoms with E-state index < -0.39 is 0 Å². The van der Waals surface area contributed by atoms with Crippen LogP contribution in [0.2, 0.25) is 0 Å². The molecule has 2 atom stereocenters. The first kappa shape index (κ1) is 29.6. The summed E-state index contributed by atoms with van der Waals surface area (Å²) in [4.78, 5) is 29.2. The molecule has 7 heteroatoms. The summed E-state index contributed by atoms with van der Waals surface area (Å²) in [5.41, 5.74) is 7.63. The zero-order valence-corrected chi connectivity index (χ0v) is 24.1. The SMILES string of the molecule is CC(=O)N(CC(Cc1ccc(C(=N)N)cc1)C1CCCCC1)C(C(=O)NCC1CCNCC1)C1CCCCC1. The molecule has 0 spiro atoms. The molecule has 2 amide bonds. The van der Waals surface area contributed by atoms with Crippen molar-refractivity contribution in [2.24, 2.45) is 29.4 Å². The lowest BCUT2D eigenvalue weighted by molar-refractivity contribution is -0.143. The molecule has 0 aromatic heterocycles. The Balaban J connectivity index is 1.54. The van der Waals surface area contributed by atoms with Crippen molar-refractivity contribution < 1.29 is 9.59 Å². The number of nitrogens with two attached hydrogens (primary N) is 1. The third-order valence-electron chi connectivity index (χ3n) is 9.64. The molecule has 1 heterocycles. The Bertz CT molecular complexity index is 930. The Morgan fingerprint density at radius 3 is 2.10 bits per heavy atom. The number of nitrogens with one attached hydrogen (secondary N) is 3. The van der Waals surface area contributed by atoms with Gasteiger partial charge in [-0.3, -0.25) is 15.0 Å². The van der Waals surface area contributed by atoms with Crippen molar-refractivity contribution in [1.29, 1.82) is 5.41 Å². The lowest BCUT2D eigenvalue weighted by atomic mass is 9.76. The Morgan fingerprint density at radius 1 is 0.949 bits per heavy atom. The minimum atomic E-state index is -0.379. The van der Waals surface area contributed by atoms with Crippen molar-refractivity contribution in [3.05, 3.63) is 35.4 Å². The van der Waals surface area contributed by atoms with Gasteiger partial charge in [-0.05, 0) is 74.4 Å². The number of amides is 2. The van der Waals surface area contributed by atoms with E-state index in [1.165, 1.54) is 44.1 Å². The standard InChI is InChI=1S/C32H51N5O2/c1-23(38)37(30(27-10-6-3-7-11-27)32(39)36-21-25-16-18-35-19-17-25)22-29(26-8-4-2-5-9-26)20-24-12-14-28(15-13-24)31(33)34/h12-15,25-27,29-30,35H,2-11,16-22H2,1H3,(H3,33,34)(H,36,39). The van der Waals surface area contributed by atoms with Gasteiger partial charge in [0.05, 0.1) is 0 Å². The molecule has 3 fully saturated rings. The van der Waals surface area contributed by atoms with Crippen LogP contribution in [0.4, 0.5) is 0 Å². The number of carbonyl (C=O) groups is 2. The summed E-state index contributed by atoms with van der Waals surface area (Å²) >= 11 is 0. The number of hydrogen-bond donors (Lipinski definition) is 4. The predicted molar refractivity (Wildman–Crippen MR) is 158 cm³/mol. The van der Waals surface area contributed by atoms with Gasteiger partial charge in [0, 0.05) is 25.6 Å². The summed E-state index contributed by atoms with van der Waals surface area (Å²) in [7, 11) is 0. The molecule has 2 unspecified atom stereocenters. The maximum Gasteiger partial charge on any atom is 0.243 e. The molecule has 1 saturated heterocycles. The number of amidine groups is 1. The van der Waals surface area contributed by atoms with Crippen molar-refractivity contribution in [2.45, 2.75) is 96.4 Å². The van der Waals surface area contributed by atoms with Crippen LogP contribution in [0.5, 0.6) is 0 Å². The van der Waals surface area contributed by atoms with Crippen LogP contribution in [0.15, 0.2) is 24.3 Å². The number of carbonyl (C=O) groups excluding carboxylic acids is 2. The maximum atomic E-state index is 13.9. The number of rotatable bonds is 11. The first-order valence-corrected chi connectivity index (χ1v) is 15.6. The van der Waals surface area contributed by atoms with Crippen molar-refractivity contribution >= 4 is 17.6 Å². The number of hydrogen-bond acceptors (Lipinski definition) is 4. The summed E-state index contributed by atoms with van der Waals surface area (Å²) in [6.07, 6.45) is 14.8. The molecule has 1 aromatic rings. The average molecular weight is 538 g/mol. The van der Waals surface area contributed by atoms with Gasteiger partial charge in [-0.1, -0.05) is 75.6 Å². The lowest BCUT2D eigenvalue weighted by Gasteiger charge is -2.41. The van der Waals surface area contributed by atoms with Crippen LogP contribution in [0, 0.1) is 29.1 Å². The monoisotopic (exact) mass is 537 g/mol. The molecule has 1 aliphatic heterocycles. The van der Waals surface area contributed by atoms with E-state index in [1.807, 2.05) is 17.0 Å². The summed E-state index contributed by atoms with van der Waals surface area (Å²) in [5, 5.41) is 14.4. The molecule has 5 N–H and O–H groups in total. The molecular formula is C32H51N5O2. The Kier molecular flexibility index (Phi) is 11.2. The first-order valence-electron chi connectivity index (χ1n) is 15.6.